The van der Waals surface area contributed by atoms with E-state index in [2.05, 4.69) is 28.2 Å². The van der Waals surface area contributed by atoms with E-state index in [-0.39, 0.29) is 5.41 Å². The Hall–Kier alpha value is -1.48. The maximum absolute atomic E-state index is 6.08. The van der Waals surface area contributed by atoms with Gasteiger partial charge in [-0.3, -0.25) is 9.97 Å². The smallest absolute Gasteiger partial charge is 0.0889 e. The van der Waals surface area contributed by atoms with Gasteiger partial charge in [0.15, 0.2) is 0 Å². The average Bonchev–Trinajstić information content (AvgIpc) is 2.47. The van der Waals surface area contributed by atoms with E-state index >= 15 is 0 Å². The summed E-state index contributed by atoms with van der Waals surface area (Å²) in [6, 6.07) is 6.44. The first-order valence-corrected chi connectivity index (χ1v) is 6.75. The van der Waals surface area contributed by atoms with Crippen molar-refractivity contribution in [3.05, 3.63) is 36.2 Å². The van der Waals surface area contributed by atoms with Gasteiger partial charge in [-0.05, 0) is 30.5 Å². The third-order valence-electron chi connectivity index (χ3n) is 4.28. The molecule has 1 saturated carbocycles. The van der Waals surface area contributed by atoms with Crippen molar-refractivity contribution in [2.45, 2.75) is 37.5 Å². The number of aromatic nitrogens is 2. The van der Waals surface area contributed by atoms with Crippen LogP contribution in [0, 0.1) is 0 Å². The van der Waals surface area contributed by atoms with Crippen LogP contribution in [-0.4, -0.2) is 16.5 Å². The van der Waals surface area contributed by atoms with E-state index in [4.69, 9.17) is 5.73 Å². The fraction of sp³-hybridized carbons (Fsp3) is 0.467. The lowest BCUT2D eigenvalue weighted by Gasteiger charge is -2.36. The van der Waals surface area contributed by atoms with E-state index in [1.807, 2.05) is 0 Å². The summed E-state index contributed by atoms with van der Waals surface area (Å²) < 4.78 is 0. The molecule has 0 bridgehead atoms. The first-order valence-electron chi connectivity index (χ1n) is 6.75. The number of benzene rings is 1. The molecule has 0 spiro atoms. The Morgan fingerprint density at radius 3 is 2.44 bits per heavy atom. The van der Waals surface area contributed by atoms with Crippen molar-refractivity contribution in [1.82, 2.24) is 9.97 Å². The van der Waals surface area contributed by atoms with Crippen LogP contribution < -0.4 is 5.73 Å². The molecule has 2 aromatic rings. The molecule has 18 heavy (non-hydrogen) atoms. The van der Waals surface area contributed by atoms with Crippen LogP contribution in [0.3, 0.4) is 0 Å². The number of nitrogens with zero attached hydrogens (tertiary/aromatic N) is 2. The first kappa shape index (κ1) is 11.6. The van der Waals surface area contributed by atoms with Crippen molar-refractivity contribution < 1.29 is 0 Å². The number of nitrogens with two attached hydrogens (primary N) is 1. The summed E-state index contributed by atoms with van der Waals surface area (Å²) in [6.07, 6.45) is 9.81. The van der Waals surface area contributed by atoms with Crippen LogP contribution >= 0.6 is 0 Å². The molecule has 1 aliphatic carbocycles. The zero-order valence-electron chi connectivity index (χ0n) is 10.6. The van der Waals surface area contributed by atoms with E-state index in [0.29, 0.717) is 0 Å². The molecule has 1 fully saturated rings. The average molecular weight is 241 g/mol. The Balaban J connectivity index is 2.06. The second-order valence-electron chi connectivity index (χ2n) is 5.30. The molecule has 1 aromatic carbocycles. The van der Waals surface area contributed by atoms with Gasteiger partial charge in [-0.15, -0.1) is 0 Å². The standard InChI is InChI=1S/C15H19N3/c16-11-15(6-2-1-3-7-15)12-4-5-13-14(10-12)18-9-8-17-13/h4-5,8-10H,1-3,6-7,11,16H2. The quantitative estimate of drug-likeness (QED) is 0.879. The van der Waals surface area contributed by atoms with Gasteiger partial charge in [-0.1, -0.05) is 25.3 Å². The Labute approximate surface area is 107 Å². The summed E-state index contributed by atoms with van der Waals surface area (Å²) in [5.74, 6) is 0. The van der Waals surface area contributed by atoms with Gasteiger partial charge >= 0.3 is 0 Å². The predicted molar refractivity (Wildman–Crippen MR) is 73.4 cm³/mol. The van der Waals surface area contributed by atoms with Crippen molar-refractivity contribution in [1.29, 1.82) is 0 Å². The van der Waals surface area contributed by atoms with E-state index in [9.17, 15) is 0 Å². The number of fused-ring (bicyclic) bond motifs is 1. The van der Waals surface area contributed by atoms with Gasteiger partial charge in [-0.2, -0.15) is 0 Å². The van der Waals surface area contributed by atoms with Crippen molar-refractivity contribution in [2.24, 2.45) is 5.73 Å². The number of hydrogen-bond acceptors (Lipinski definition) is 3. The van der Waals surface area contributed by atoms with Crippen LogP contribution in [0.25, 0.3) is 11.0 Å². The minimum absolute atomic E-state index is 0.171. The zero-order valence-corrected chi connectivity index (χ0v) is 10.6. The molecule has 2 N–H and O–H groups in total. The van der Waals surface area contributed by atoms with E-state index in [1.165, 1.54) is 37.7 Å². The molecule has 0 aliphatic heterocycles. The maximum atomic E-state index is 6.08. The van der Waals surface area contributed by atoms with Gasteiger partial charge in [-0.25, -0.2) is 0 Å². The third-order valence-corrected chi connectivity index (χ3v) is 4.28. The molecule has 3 rings (SSSR count). The lowest BCUT2D eigenvalue weighted by molar-refractivity contribution is 0.301. The number of rotatable bonds is 2. The van der Waals surface area contributed by atoms with Gasteiger partial charge in [0.25, 0.3) is 0 Å². The minimum atomic E-state index is 0.171. The molecule has 0 saturated heterocycles. The lowest BCUT2D eigenvalue weighted by atomic mass is 9.69. The van der Waals surface area contributed by atoms with Crippen LogP contribution in [0.1, 0.15) is 37.7 Å². The van der Waals surface area contributed by atoms with Gasteiger partial charge < -0.3 is 5.73 Å². The highest BCUT2D eigenvalue weighted by atomic mass is 14.8. The molecule has 1 heterocycles. The fourth-order valence-electron chi connectivity index (χ4n) is 3.13. The van der Waals surface area contributed by atoms with Crippen LogP contribution in [0.15, 0.2) is 30.6 Å². The van der Waals surface area contributed by atoms with Gasteiger partial charge in [0.1, 0.15) is 0 Å². The highest BCUT2D eigenvalue weighted by Gasteiger charge is 2.32. The molecule has 0 amide bonds. The molecule has 0 radical (unpaired) electrons. The van der Waals surface area contributed by atoms with Crippen LogP contribution in [-0.2, 0) is 5.41 Å². The summed E-state index contributed by atoms with van der Waals surface area (Å²) in [5, 5.41) is 0. The monoisotopic (exact) mass is 241 g/mol. The van der Waals surface area contributed by atoms with E-state index in [1.54, 1.807) is 12.4 Å². The highest BCUT2D eigenvalue weighted by Crippen LogP contribution is 2.39. The molecule has 0 atom stereocenters. The van der Waals surface area contributed by atoms with Crippen LogP contribution in [0.2, 0.25) is 0 Å². The molecular formula is C15H19N3. The Kier molecular flexibility index (Phi) is 3.00. The second kappa shape index (κ2) is 4.65. The SMILES string of the molecule is NCC1(c2ccc3nccnc3c2)CCCCC1. The van der Waals surface area contributed by atoms with Gasteiger partial charge in [0, 0.05) is 24.4 Å². The molecule has 94 valence electrons. The molecule has 3 nitrogen and oxygen atoms in total. The molecule has 3 heteroatoms. The fourth-order valence-corrected chi connectivity index (χ4v) is 3.13. The van der Waals surface area contributed by atoms with Crippen molar-refractivity contribution in [3.8, 4) is 0 Å². The molecule has 1 aliphatic rings. The summed E-state index contributed by atoms with van der Waals surface area (Å²) in [7, 11) is 0. The van der Waals surface area contributed by atoms with Gasteiger partial charge in [0.05, 0.1) is 11.0 Å². The van der Waals surface area contributed by atoms with Crippen molar-refractivity contribution in [3.63, 3.8) is 0 Å². The van der Waals surface area contributed by atoms with Gasteiger partial charge in [0.2, 0.25) is 0 Å². The molecule has 1 aromatic heterocycles. The normalized spacial score (nSPS) is 18.9. The first-order chi connectivity index (χ1) is 8.84. The highest BCUT2D eigenvalue weighted by molar-refractivity contribution is 5.74. The van der Waals surface area contributed by atoms with Crippen LogP contribution in [0.4, 0.5) is 0 Å². The maximum Gasteiger partial charge on any atom is 0.0889 e. The predicted octanol–water partition coefficient (Wildman–Crippen LogP) is 2.79. The Morgan fingerprint density at radius 2 is 1.72 bits per heavy atom. The third kappa shape index (κ3) is 1.89. The number of hydrogen-bond donors (Lipinski definition) is 1. The Morgan fingerprint density at radius 1 is 1.00 bits per heavy atom. The van der Waals surface area contributed by atoms with Crippen molar-refractivity contribution in [2.75, 3.05) is 6.54 Å². The summed E-state index contributed by atoms with van der Waals surface area (Å²) in [6.45, 7) is 0.735. The largest absolute Gasteiger partial charge is 0.330 e. The summed E-state index contributed by atoms with van der Waals surface area (Å²) in [4.78, 5) is 8.72. The molecular weight excluding hydrogens is 222 g/mol. The zero-order chi connectivity index (χ0) is 12.4. The Bertz CT molecular complexity index is 544. The van der Waals surface area contributed by atoms with E-state index in [0.717, 1.165) is 17.6 Å². The molecule has 0 unspecified atom stereocenters. The summed E-state index contributed by atoms with van der Waals surface area (Å²) >= 11 is 0. The van der Waals surface area contributed by atoms with Crippen molar-refractivity contribution >= 4 is 11.0 Å². The second-order valence-corrected chi connectivity index (χ2v) is 5.30. The van der Waals surface area contributed by atoms with E-state index < -0.39 is 0 Å². The topological polar surface area (TPSA) is 51.8 Å². The lowest BCUT2D eigenvalue weighted by Crippen LogP contribution is -2.37. The minimum Gasteiger partial charge on any atom is -0.330 e. The summed E-state index contributed by atoms with van der Waals surface area (Å²) in [5.41, 5.74) is 9.54. The van der Waals surface area contributed by atoms with Crippen LogP contribution in [0.5, 0.6) is 0 Å².